The molecule has 0 radical (unpaired) electrons. The van der Waals surface area contributed by atoms with Gasteiger partial charge in [0.1, 0.15) is 0 Å². The molecule has 0 aliphatic heterocycles. The molecule has 64 valence electrons. The van der Waals surface area contributed by atoms with E-state index in [9.17, 15) is 4.79 Å². The van der Waals surface area contributed by atoms with Gasteiger partial charge < -0.3 is 5.32 Å². The smallest absolute Gasteiger partial charge is 0.243 e. The van der Waals surface area contributed by atoms with E-state index in [2.05, 4.69) is 16.9 Å². The van der Waals surface area contributed by atoms with Gasteiger partial charge in [-0.25, -0.2) is 0 Å². The van der Waals surface area contributed by atoms with Gasteiger partial charge in [0.2, 0.25) is 5.91 Å². The number of nitrogens with one attached hydrogen (secondary N) is 1. The molecule has 0 saturated carbocycles. The second-order valence-corrected chi connectivity index (χ2v) is 3.26. The first-order chi connectivity index (χ1) is 5.74. The van der Waals surface area contributed by atoms with Crippen LogP contribution in [0, 0.1) is 0 Å². The van der Waals surface area contributed by atoms with E-state index in [1.807, 2.05) is 6.92 Å². The van der Waals surface area contributed by atoms with E-state index in [1.54, 1.807) is 11.7 Å². The number of amides is 1. The lowest BCUT2D eigenvalue weighted by molar-refractivity contribution is -0.117. The maximum atomic E-state index is 10.9. The fourth-order valence-corrected chi connectivity index (χ4v) is 1.41. The second kappa shape index (κ2) is 4.01. The predicted octanol–water partition coefficient (Wildman–Crippen LogP) is 1.51. The Morgan fingerprint density at radius 3 is 3.17 bits per heavy atom. The molecule has 0 aromatic carbocycles. The summed E-state index contributed by atoms with van der Waals surface area (Å²) in [5.41, 5.74) is 1.74. The number of carbonyl (C=O) groups excluding carboxylic acids is 1. The summed E-state index contributed by atoms with van der Waals surface area (Å²) in [6.07, 6.45) is 3.01. The third-order valence-corrected chi connectivity index (χ3v) is 2.38. The van der Waals surface area contributed by atoms with Crippen LogP contribution in [0.4, 0.5) is 0 Å². The van der Waals surface area contributed by atoms with Crippen LogP contribution in [0.5, 0.6) is 0 Å². The highest BCUT2D eigenvalue weighted by molar-refractivity contribution is 7.09. The van der Waals surface area contributed by atoms with Crippen molar-refractivity contribution in [1.82, 2.24) is 10.3 Å². The van der Waals surface area contributed by atoms with Crippen molar-refractivity contribution in [3.63, 3.8) is 0 Å². The van der Waals surface area contributed by atoms with Crippen LogP contribution in [-0.2, 0) is 4.79 Å². The van der Waals surface area contributed by atoms with E-state index >= 15 is 0 Å². The lowest BCUT2D eigenvalue weighted by atomic mass is 10.3. The topological polar surface area (TPSA) is 42.0 Å². The molecule has 3 nitrogen and oxygen atoms in total. The lowest BCUT2D eigenvalue weighted by Crippen LogP contribution is -2.23. The van der Waals surface area contributed by atoms with Gasteiger partial charge in [-0.05, 0) is 13.0 Å². The zero-order valence-corrected chi connectivity index (χ0v) is 7.60. The Bertz CT molecular complexity index is 269. The van der Waals surface area contributed by atoms with Crippen molar-refractivity contribution in [1.29, 1.82) is 0 Å². The van der Waals surface area contributed by atoms with Crippen molar-refractivity contribution < 1.29 is 4.79 Å². The van der Waals surface area contributed by atoms with Crippen LogP contribution in [0.1, 0.15) is 17.8 Å². The number of thiazole rings is 1. The van der Waals surface area contributed by atoms with E-state index in [1.165, 1.54) is 17.4 Å². The summed E-state index contributed by atoms with van der Waals surface area (Å²) in [5, 5.41) is 2.75. The predicted molar refractivity (Wildman–Crippen MR) is 48.9 cm³/mol. The zero-order valence-electron chi connectivity index (χ0n) is 6.78. The molecular formula is C8H10N2OS. The standard InChI is InChI=1S/C8H10N2OS/c1-3-8(11)10-6(2)7-4-9-5-12-7/h3-6H,1H2,2H3,(H,10,11)/t6-/m1/s1. The Morgan fingerprint density at radius 1 is 1.92 bits per heavy atom. The fraction of sp³-hybridized carbons (Fsp3) is 0.250. The molecule has 0 unspecified atom stereocenters. The van der Waals surface area contributed by atoms with E-state index in [4.69, 9.17) is 0 Å². The van der Waals surface area contributed by atoms with Gasteiger partial charge in [0.15, 0.2) is 0 Å². The molecule has 1 heterocycles. The van der Waals surface area contributed by atoms with Crippen LogP contribution >= 0.6 is 11.3 Å². The SMILES string of the molecule is C=CC(=O)N[C@H](C)c1cncs1. The molecule has 1 amide bonds. The van der Waals surface area contributed by atoms with E-state index in [0.717, 1.165) is 4.88 Å². The molecule has 12 heavy (non-hydrogen) atoms. The molecule has 0 saturated heterocycles. The summed E-state index contributed by atoms with van der Waals surface area (Å²) < 4.78 is 0. The normalized spacial score (nSPS) is 12.1. The average Bonchev–Trinajstić information content (AvgIpc) is 2.56. The molecule has 1 atom stereocenters. The van der Waals surface area contributed by atoms with Gasteiger partial charge in [0.05, 0.1) is 11.6 Å². The zero-order chi connectivity index (χ0) is 8.97. The minimum atomic E-state index is -0.157. The summed E-state index contributed by atoms with van der Waals surface area (Å²) in [5.74, 6) is -0.157. The first kappa shape index (κ1) is 8.93. The number of aromatic nitrogens is 1. The highest BCUT2D eigenvalue weighted by atomic mass is 32.1. The number of hydrogen-bond donors (Lipinski definition) is 1. The van der Waals surface area contributed by atoms with Crippen LogP contribution in [0.25, 0.3) is 0 Å². The van der Waals surface area contributed by atoms with Crippen molar-refractivity contribution in [3.8, 4) is 0 Å². The van der Waals surface area contributed by atoms with E-state index in [0.29, 0.717) is 0 Å². The molecule has 1 rings (SSSR count). The largest absolute Gasteiger partial charge is 0.345 e. The monoisotopic (exact) mass is 182 g/mol. The molecule has 1 aromatic rings. The minimum absolute atomic E-state index is 0.0167. The summed E-state index contributed by atoms with van der Waals surface area (Å²) in [7, 11) is 0. The van der Waals surface area contributed by atoms with Gasteiger partial charge in [0, 0.05) is 11.1 Å². The molecule has 0 aliphatic carbocycles. The lowest BCUT2D eigenvalue weighted by Gasteiger charge is -2.08. The van der Waals surface area contributed by atoms with Crippen molar-refractivity contribution in [3.05, 3.63) is 29.2 Å². The van der Waals surface area contributed by atoms with Crippen molar-refractivity contribution in [2.45, 2.75) is 13.0 Å². The molecule has 0 spiro atoms. The van der Waals surface area contributed by atoms with Crippen LogP contribution in [0.2, 0.25) is 0 Å². The van der Waals surface area contributed by atoms with Gasteiger partial charge in [-0.3, -0.25) is 9.78 Å². The molecule has 4 heteroatoms. The molecule has 0 aliphatic rings. The van der Waals surface area contributed by atoms with Crippen LogP contribution in [0.15, 0.2) is 24.4 Å². The quantitative estimate of drug-likeness (QED) is 0.720. The maximum absolute atomic E-state index is 10.9. The van der Waals surface area contributed by atoms with Gasteiger partial charge in [-0.2, -0.15) is 0 Å². The van der Waals surface area contributed by atoms with E-state index < -0.39 is 0 Å². The van der Waals surface area contributed by atoms with Gasteiger partial charge in [0.25, 0.3) is 0 Å². The summed E-state index contributed by atoms with van der Waals surface area (Å²) in [4.78, 5) is 15.8. The fourth-order valence-electron chi connectivity index (χ4n) is 0.783. The highest BCUT2D eigenvalue weighted by Crippen LogP contribution is 2.15. The average molecular weight is 182 g/mol. The number of hydrogen-bond acceptors (Lipinski definition) is 3. The summed E-state index contributed by atoms with van der Waals surface area (Å²) in [6.45, 7) is 5.28. The third kappa shape index (κ3) is 2.17. The second-order valence-electron chi connectivity index (χ2n) is 2.34. The third-order valence-electron chi connectivity index (χ3n) is 1.42. The Labute approximate surface area is 75.1 Å². The van der Waals surface area contributed by atoms with Crippen LogP contribution in [0.3, 0.4) is 0 Å². The van der Waals surface area contributed by atoms with Crippen molar-refractivity contribution in [2.75, 3.05) is 0 Å². The summed E-state index contributed by atoms with van der Waals surface area (Å²) in [6, 6.07) is 0.0167. The van der Waals surface area contributed by atoms with Gasteiger partial charge in [-0.1, -0.05) is 6.58 Å². The van der Waals surface area contributed by atoms with Crippen LogP contribution < -0.4 is 5.32 Å². The van der Waals surface area contributed by atoms with E-state index in [-0.39, 0.29) is 11.9 Å². The Kier molecular flexibility index (Phi) is 2.99. The Balaban J connectivity index is 2.55. The molecule has 0 bridgehead atoms. The van der Waals surface area contributed by atoms with Crippen molar-refractivity contribution >= 4 is 17.2 Å². The molecule has 0 fully saturated rings. The molecule has 1 N–H and O–H groups in total. The number of carbonyl (C=O) groups is 1. The molecule has 1 aromatic heterocycles. The first-order valence-corrected chi connectivity index (χ1v) is 4.43. The molecular weight excluding hydrogens is 172 g/mol. The minimum Gasteiger partial charge on any atom is -0.345 e. The highest BCUT2D eigenvalue weighted by Gasteiger charge is 2.07. The van der Waals surface area contributed by atoms with Crippen molar-refractivity contribution in [2.24, 2.45) is 0 Å². The van der Waals surface area contributed by atoms with Gasteiger partial charge in [-0.15, -0.1) is 11.3 Å². The Morgan fingerprint density at radius 2 is 2.67 bits per heavy atom. The van der Waals surface area contributed by atoms with Crippen LogP contribution in [-0.4, -0.2) is 10.9 Å². The first-order valence-electron chi connectivity index (χ1n) is 3.55. The number of rotatable bonds is 3. The Hall–Kier alpha value is -1.16. The van der Waals surface area contributed by atoms with Gasteiger partial charge >= 0.3 is 0 Å². The number of nitrogens with zero attached hydrogens (tertiary/aromatic N) is 1. The maximum Gasteiger partial charge on any atom is 0.243 e. The summed E-state index contributed by atoms with van der Waals surface area (Å²) >= 11 is 1.52.